The van der Waals surface area contributed by atoms with Crippen molar-refractivity contribution in [3.63, 3.8) is 0 Å². The fraction of sp³-hybridized carbons (Fsp3) is 0.0556. The predicted molar refractivity (Wildman–Crippen MR) is 161 cm³/mol. The molecule has 0 spiro atoms. The summed E-state index contributed by atoms with van der Waals surface area (Å²) in [6.45, 7) is 0. The highest BCUT2D eigenvalue weighted by Crippen LogP contribution is 2.48. The van der Waals surface area contributed by atoms with Crippen molar-refractivity contribution in [1.29, 1.82) is 0 Å². The quantitative estimate of drug-likeness (QED) is 0.232. The van der Waals surface area contributed by atoms with Gasteiger partial charge in [0.15, 0.2) is 0 Å². The van der Waals surface area contributed by atoms with E-state index in [0.29, 0.717) is 0 Å². The Morgan fingerprint density at radius 3 is 1.87 bits per heavy atom. The highest BCUT2D eigenvalue weighted by Gasteiger charge is 2.38. The second-order valence-corrected chi connectivity index (χ2v) is 10.5. The van der Waals surface area contributed by atoms with Crippen molar-refractivity contribution in [2.45, 2.75) is 12.0 Å². The molecule has 3 nitrogen and oxygen atoms in total. The number of rotatable bonds is 2. The fourth-order valence-electron chi connectivity index (χ4n) is 6.87. The molecule has 0 fully saturated rings. The van der Waals surface area contributed by atoms with Crippen molar-refractivity contribution in [2.24, 2.45) is 0 Å². The van der Waals surface area contributed by atoms with Crippen LogP contribution in [0.5, 0.6) is 5.75 Å². The number of nitrogens with zero attached hydrogens (tertiary/aromatic N) is 2. The van der Waals surface area contributed by atoms with Gasteiger partial charge in [0, 0.05) is 38.5 Å². The molecule has 7 aromatic rings. The molecule has 3 heterocycles. The van der Waals surface area contributed by atoms with E-state index in [1.807, 2.05) is 0 Å². The van der Waals surface area contributed by atoms with Crippen LogP contribution in [0, 0.1) is 0 Å². The number of benzene rings is 5. The summed E-state index contributed by atoms with van der Waals surface area (Å²) < 4.78 is 11.2. The van der Waals surface area contributed by atoms with Gasteiger partial charge in [0.25, 0.3) is 0 Å². The van der Waals surface area contributed by atoms with E-state index >= 15 is 0 Å². The molecular formula is C36H24N2O. The number of ether oxygens (including phenoxy) is 1. The molecule has 3 heteroatoms. The molecule has 2 aromatic heterocycles. The standard InChI is InChI=1S/C36H24N2O/c1-5-14-29-24(10-1)25-11-2-6-15-30(25)37(29)23-20-21-32-28(22-23)26-12-3-7-16-31(26)38(32)33-17-9-19-35-36(33)27-13-4-8-18-34(27)39-35/h1-22,35-36H. The van der Waals surface area contributed by atoms with Crippen LogP contribution in [0.4, 0.5) is 0 Å². The van der Waals surface area contributed by atoms with Crippen LogP contribution in [0.3, 0.4) is 0 Å². The molecule has 2 unspecified atom stereocenters. The van der Waals surface area contributed by atoms with E-state index in [1.54, 1.807) is 0 Å². The Balaban J connectivity index is 1.32. The molecule has 0 saturated carbocycles. The van der Waals surface area contributed by atoms with Crippen molar-refractivity contribution in [3.05, 3.63) is 139 Å². The molecule has 0 N–H and O–H groups in total. The van der Waals surface area contributed by atoms with Crippen molar-refractivity contribution in [3.8, 4) is 11.4 Å². The van der Waals surface area contributed by atoms with Crippen LogP contribution in [0.2, 0.25) is 0 Å². The van der Waals surface area contributed by atoms with Gasteiger partial charge < -0.3 is 13.9 Å². The summed E-state index contributed by atoms with van der Waals surface area (Å²) >= 11 is 0. The fourth-order valence-corrected chi connectivity index (χ4v) is 6.87. The summed E-state index contributed by atoms with van der Waals surface area (Å²) in [5, 5.41) is 5.07. The molecule has 39 heavy (non-hydrogen) atoms. The predicted octanol–water partition coefficient (Wildman–Crippen LogP) is 8.85. The van der Waals surface area contributed by atoms with Crippen LogP contribution in [0.15, 0.2) is 133 Å². The van der Waals surface area contributed by atoms with Crippen LogP contribution in [-0.4, -0.2) is 15.2 Å². The average molecular weight is 501 g/mol. The summed E-state index contributed by atoms with van der Waals surface area (Å²) in [6, 6.07) is 41.6. The normalized spacial score (nSPS) is 18.0. The minimum Gasteiger partial charge on any atom is -0.485 e. The highest BCUT2D eigenvalue weighted by atomic mass is 16.5. The van der Waals surface area contributed by atoms with Crippen LogP contribution in [0.1, 0.15) is 11.5 Å². The second kappa shape index (κ2) is 7.75. The molecule has 0 bridgehead atoms. The van der Waals surface area contributed by atoms with E-state index in [-0.39, 0.29) is 12.0 Å². The largest absolute Gasteiger partial charge is 0.485 e. The second-order valence-electron chi connectivity index (χ2n) is 10.5. The molecule has 1 aliphatic heterocycles. The summed E-state index contributed by atoms with van der Waals surface area (Å²) in [5.41, 5.74) is 8.57. The topological polar surface area (TPSA) is 19.1 Å². The lowest BCUT2D eigenvalue weighted by Gasteiger charge is -2.25. The van der Waals surface area contributed by atoms with E-state index < -0.39 is 0 Å². The third-order valence-corrected chi connectivity index (χ3v) is 8.48. The van der Waals surface area contributed by atoms with Gasteiger partial charge in [-0.1, -0.05) is 78.9 Å². The highest BCUT2D eigenvalue weighted by molar-refractivity contribution is 6.12. The average Bonchev–Trinajstić information content (AvgIpc) is 3.65. The van der Waals surface area contributed by atoms with Gasteiger partial charge in [-0.3, -0.25) is 0 Å². The lowest BCUT2D eigenvalue weighted by atomic mass is 9.88. The Bertz CT molecular complexity index is 2120. The van der Waals surface area contributed by atoms with E-state index in [4.69, 9.17) is 4.74 Å². The van der Waals surface area contributed by atoms with E-state index in [9.17, 15) is 0 Å². The molecule has 9 rings (SSSR count). The molecule has 5 aromatic carbocycles. The lowest BCUT2D eigenvalue weighted by molar-refractivity contribution is 0.270. The Morgan fingerprint density at radius 2 is 1.13 bits per heavy atom. The maximum atomic E-state index is 6.37. The lowest BCUT2D eigenvalue weighted by Crippen LogP contribution is -2.21. The first-order valence-corrected chi connectivity index (χ1v) is 13.5. The van der Waals surface area contributed by atoms with Gasteiger partial charge in [-0.25, -0.2) is 0 Å². The summed E-state index contributed by atoms with van der Waals surface area (Å²) in [5.74, 6) is 1.14. The van der Waals surface area contributed by atoms with Crippen molar-refractivity contribution in [2.75, 3.05) is 0 Å². The molecule has 2 aliphatic rings. The molecule has 184 valence electrons. The van der Waals surface area contributed by atoms with Crippen molar-refractivity contribution in [1.82, 2.24) is 9.13 Å². The number of fused-ring (bicyclic) bond motifs is 9. The molecular weight excluding hydrogens is 476 g/mol. The maximum Gasteiger partial charge on any atom is 0.130 e. The summed E-state index contributed by atoms with van der Waals surface area (Å²) in [6.07, 6.45) is 6.60. The molecule has 1 aliphatic carbocycles. The first-order valence-electron chi connectivity index (χ1n) is 13.5. The maximum absolute atomic E-state index is 6.37. The third-order valence-electron chi connectivity index (χ3n) is 8.48. The van der Waals surface area contributed by atoms with Crippen molar-refractivity contribution >= 4 is 49.3 Å². The van der Waals surface area contributed by atoms with Gasteiger partial charge in [-0.2, -0.15) is 0 Å². The van der Waals surface area contributed by atoms with Crippen molar-refractivity contribution < 1.29 is 4.74 Å². The Morgan fingerprint density at radius 1 is 0.538 bits per heavy atom. The summed E-state index contributed by atoms with van der Waals surface area (Å²) in [7, 11) is 0. The van der Waals surface area contributed by atoms with E-state index in [0.717, 1.165) is 5.75 Å². The zero-order valence-electron chi connectivity index (χ0n) is 21.2. The monoisotopic (exact) mass is 500 g/mol. The minimum absolute atomic E-state index is 0.00971. The number of aromatic nitrogens is 2. The van der Waals surface area contributed by atoms with E-state index in [2.05, 4.69) is 143 Å². The first-order chi connectivity index (χ1) is 19.4. The van der Waals surface area contributed by atoms with Crippen LogP contribution in [0.25, 0.3) is 55.0 Å². The number of hydrogen-bond donors (Lipinski definition) is 0. The van der Waals surface area contributed by atoms with Gasteiger partial charge in [-0.15, -0.1) is 0 Å². The third kappa shape index (κ3) is 2.82. The van der Waals surface area contributed by atoms with Crippen LogP contribution >= 0.6 is 0 Å². The number of hydrogen-bond acceptors (Lipinski definition) is 1. The Kier molecular flexibility index (Phi) is 4.17. The molecule has 0 saturated heterocycles. The first kappa shape index (κ1) is 21.0. The number of allylic oxidation sites excluding steroid dienone is 2. The van der Waals surface area contributed by atoms with Gasteiger partial charge >= 0.3 is 0 Å². The SMILES string of the molecule is C1=CC2Oc3ccccc3C2C(n2c3ccccc3c3cc(-n4c5ccccc5c5ccccc54)ccc32)=C1. The van der Waals surface area contributed by atoms with Gasteiger partial charge in [-0.05, 0) is 54.6 Å². The van der Waals surface area contributed by atoms with Gasteiger partial charge in [0.05, 0.1) is 28.0 Å². The summed E-state index contributed by atoms with van der Waals surface area (Å²) in [4.78, 5) is 0. The smallest absolute Gasteiger partial charge is 0.130 e. The number of para-hydroxylation sites is 4. The zero-order valence-corrected chi connectivity index (χ0v) is 21.2. The van der Waals surface area contributed by atoms with Gasteiger partial charge in [0.2, 0.25) is 0 Å². The van der Waals surface area contributed by atoms with Crippen LogP contribution < -0.4 is 4.74 Å². The Hall–Kier alpha value is -5.02. The molecule has 2 atom stereocenters. The van der Waals surface area contributed by atoms with Gasteiger partial charge in [0.1, 0.15) is 11.9 Å². The molecule has 0 amide bonds. The minimum atomic E-state index is 0.00971. The van der Waals surface area contributed by atoms with Crippen LogP contribution in [-0.2, 0) is 0 Å². The van der Waals surface area contributed by atoms with E-state index in [1.165, 1.54) is 60.6 Å². The Labute approximate surface area is 225 Å². The zero-order chi connectivity index (χ0) is 25.5. The molecule has 0 radical (unpaired) electrons.